The van der Waals surface area contributed by atoms with E-state index in [1.165, 1.54) is 5.69 Å². The molecule has 1 aliphatic heterocycles. The van der Waals surface area contributed by atoms with E-state index < -0.39 is 0 Å². The SMILES string of the molecule is CC(N)N1CCN(c2ccc(Cl)cc2)CC1. The third-order valence-corrected chi connectivity index (χ3v) is 3.33. The van der Waals surface area contributed by atoms with Crippen LogP contribution in [0.25, 0.3) is 0 Å². The molecule has 4 heteroatoms. The zero-order valence-corrected chi connectivity index (χ0v) is 10.3. The molecule has 1 saturated heterocycles. The van der Waals surface area contributed by atoms with Crippen LogP contribution in [0.2, 0.25) is 5.02 Å². The van der Waals surface area contributed by atoms with Crippen LogP contribution in [0.15, 0.2) is 24.3 Å². The summed E-state index contributed by atoms with van der Waals surface area (Å²) in [5.41, 5.74) is 7.11. The van der Waals surface area contributed by atoms with E-state index in [2.05, 4.69) is 21.9 Å². The molecule has 1 heterocycles. The van der Waals surface area contributed by atoms with Crippen molar-refractivity contribution in [2.45, 2.75) is 13.1 Å². The van der Waals surface area contributed by atoms with Gasteiger partial charge in [-0.1, -0.05) is 11.6 Å². The molecule has 0 aliphatic carbocycles. The number of benzene rings is 1. The number of hydrogen-bond acceptors (Lipinski definition) is 3. The lowest BCUT2D eigenvalue weighted by atomic mass is 10.2. The maximum atomic E-state index is 5.87. The van der Waals surface area contributed by atoms with Gasteiger partial charge in [0.25, 0.3) is 0 Å². The third kappa shape index (κ3) is 2.67. The molecule has 1 atom stereocenters. The Morgan fingerprint density at radius 2 is 1.69 bits per heavy atom. The fraction of sp³-hybridized carbons (Fsp3) is 0.500. The summed E-state index contributed by atoms with van der Waals surface area (Å²) < 4.78 is 0. The molecule has 1 unspecified atom stereocenters. The minimum Gasteiger partial charge on any atom is -0.369 e. The Kier molecular flexibility index (Phi) is 3.69. The summed E-state index contributed by atoms with van der Waals surface area (Å²) in [7, 11) is 0. The molecular weight excluding hydrogens is 222 g/mol. The second-order valence-electron chi connectivity index (χ2n) is 4.24. The van der Waals surface area contributed by atoms with Crippen LogP contribution in [-0.2, 0) is 0 Å². The minimum absolute atomic E-state index is 0.160. The van der Waals surface area contributed by atoms with Gasteiger partial charge in [0, 0.05) is 36.9 Å². The molecular formula is C12H18ClN3. The highest BCUT2D eigenvalue weighted by molar-refractivity contribution is 6.30. The molecule has 3 nitrogen and oxygen atoms in total. The van der Waals surface area contributed by atoms with E-state index in [9.17, 15) is 0 Å². The van der Waals surface area contributed by atoms with Crippen LogP contribution in [0.3, 0.4) is 0 Å². The fourth-order valence-corrected chi connectivity index (χ4v) is 2.17. The van der Waals surface area contributed by atoms with Crippen LogP contribution in [0.4, 0.5) is 5.69 Å². The van der Waals surface area contributed by atoms with Gasteiger partial charge < -0.3 is 10.6 Å². The summed E-state index contributed by atoms with van der Waals surface area (Å²) in [6, 6.07) is 8.03. The lowest BCUT2D eigenvalue weighted by Crippen LogP contribution is -2.52. The summed E-state index contributed by atoms with van der Waals surface area (Å²) in [6.45, 7) is 6.16. The second-order valence-corrected chi connectivity index (χ2v) is 4.68. The van der Waals surface area contributed by atoms with Crippen LogP contribution in [0, 0.1) is 0 Å². The van der Waals surface area contributed by atoms with Gasteiger partial charge in [-0.15, -0.1) is 0 Å². The van der Waals surface area contributed by atoms with Gasteiger partial charge >= 0.3 is 0 Å². The Balaban J connectivity index is 1.96. The quantitative estimate of drug-likeness (QED) is 0.854. The van der Waals surface area contributed by atoms with Crippen molar-refractivity contribution in [2.24, 2.45) is 5.73 Å². The molecule has 16 heavy (non-hydrogen) atoms. The molecule has 0 radical (unpaired) electrons. The highest BCUT2D eigenvalue weighted by atomic mass is 35.5. The topological polar surface area (TPSA) is 32.5 Å². The molecule has 0 bridgehead atoms. The number of nitrogens with zero attached hydrogens (tertiary/aromatic N) is 2. The first-order valence-electron chi connectivity index (χ1n) is 5.67. The molecule has 0 aromatic heterocycles. The van der Waals surface area contributed by atoms with Crippen molar-refractivity contribution in [2.75, 3.05) is 31.1 Å². The highest BCUT2D eigenvalue weighted by Crippen LogP contribution is 2.19. The maximum Gasteiger partial charge on any atom is 0.0544 e. The van der Waals surface area contributed by atoms with E-state index in [1.807, 2.05) is 19.1 Å². The summed E-state index contributed by atoms with van der Waals surface area (Å²) in [5.74, 6) is 0. The molecule has 1 aromatic carbocycles. The third-order valence-electron chi connectivity index (χ3n) is 3.08. The summed E-state index contributed by atoms with van der Waals surface area (Å²) in [6.07, 6.45) is 0.160. The number of piperazine rings is 1. The molecule has 88 valence electrons. The molecule has 1 aliphatic rings. The van der Waals surface area contributed by atoms with Gasteiger partial charge in [0.05, 0.1) is 6.17 Å². The smallest absolute Gasteiger partial charge is 0.0544 e. The largest absolute Gasteiger partial charge is 0.369 e. The number of hydrogen-bond donors (Lipinski definition) is 1. The van der Waals surface area contributed by atoms with Crippen LogP contribution in [0.1, 0.15) is 6.92 Å². The molecule has 0 spiro atoms. The second kappa shape index (κ2) is 5.04. The molecule has 0 saturated carbocycles. The van der Waals surface area contributed by atoms with Crippen molar-refractivity contribution in [3.8, 4) is 0 Å². The van der Waals surface area contributed by atoms with E-state index in [0.29, 0.717) is 0 Å². The highest BCUT2D eigenvalue weighted by Gasteiger charge is 2.18. The molecule has 2 rings (SSSR count). The number of anilines is 1. The summed E-state index contributed by atoms with van der Waals surface area (Å²) in [5, 5.41) is 0.790. The molecule has 1 aromatic rings. The standard InChI is InChI=1S/C12H18ClN3/c1-10(14)15-6-8-16(9-7-15)12-4-2-11(13)3-5-12/h2-5,10H,6-9,14H2,1H3. The minimum atomic E-state index is 0.160. The van der Waals surface area contributed by atoms with Crippen molar-refractivity contribution in [3.63, 3.8) is 0 Å². The predicted octanol–water partition coefficient (Wildman–Crippen LogP) is 1.77. The van der Waals surface area contributed by atoms with Gasteiger partial charge in [-0.2, -0.15) is 0 Å². The average Bonchev–Trinajstić information content (AvgIpc) is 2.30. The van der Waals surface area contributed by atoms with Crippen molar-refractivity contribution in [3.05, 3.63) is 29.3 Å². The van der Waals surface area contributed by atoms with Gasteiger partial charge in [-0.25, -0.2) is 0 Å². The molecule has 1 fully saturated rings. The van der Waals surface area contributed by atoms with Crippen molar-refractivity contribution >= 4 is 17.3 Å². The van der Waals surface area contributed by atoms with E-state index in [4.69, 9.17) is 17.3 Å². The zero-order chi connectivity index (χ0) is 11.5. The van der Waals surface area contributed by atoms with E-state index in [-0.39, 0.29) is 6.17 Å². The van der Waals surface area contributed by atoms with Crippen LogP contribution in [0.5, 0.6) is 0 Å². The Morgan fingerprint density at radius 1 is 1.12 bits per heavy atom. The van der Waals surface area contributed by atoms with Crippen molar-refractivity contribution < 1.29 is 0 Å². The van der Waals surface area contributed by atoms with E-state index >= 15 is 0 Å². The Hall–Kier alpha value is -0.770. The fourth-order valence-electron chi connectivity index (χ4n) is 2.04. The van der Waals surface area contributed by atoms with Crippen molar-refractivity contribution in [1.29, 1.82) is 0 Å². The van der Waals surface area contributed by atoms with Gasteiger partial charge in [0.15, 0.2) is 0 Å². The number of nitrogens with two attached hydrogens (primary N) is 1. The summed E-state index contributed by atoms with van der Waals surface area (Å²) in [4.78, 5) is 4.67. The first-order chi connectivity index (χ1) is 7.66. The van der Waals surface area contributed by atoms with Crippen LogP contribution < -0.4 is 10.6 Å². The van der Waals surface area contributed by atoms with Gasteiger partial charge in [0.1, 0.15) is 0 Å². The Labute approximate surface area is 102 Å². The average molecular weight is 240 g/mol. The number of rotatable bonds is 2. The molecule has 2 N–H and O–H groups in total. The Morgan fingerprint density at radius 3 is 2.19 bits per heavy atom. The maximum absolute atomic E-state index is 5.87. The first-order valence-corrected chi connectivity index (χ1v) is 6.05. The van der Waals surface area contributed by atoms with E-state index in [0.717, 1.165) is 31.2 Å². The van der Waals surface area contributed by atoms with Gasteiger partial charge in [-0.3, -0.25) is 4.90 Å². The lowest BCUT2D eigenvalue weighted by Gasteiger charge is -2.37. The van der Waals surface area contributed by atoms with Gasteiger partial charge in [-0.05, 0) is 31.2 Å². The zero-order valence-electron chi connectivity index (χ0n) is 9.56. The number of halogens is 1. The molecule has 0 amide bonds. The van der Waals surface area contributed by atoms with Gasteiger partial charge in [0.2, 0.25) is 0 Å². The van der Waals surface area contributed by atoms with Crippen LogP contribution in [-0.4, -0.2) is 37.2 Å². The monoisotopic (exact) mass is 239 g/mol. The normalized spacial score (nSPS) is 19.8. The Bertz CT molecular complexity index is 329. The van der Waals surface area contributed by atoms with Crippen LogP contribution >= 0.6 is 11.6 Å². The lowest BCUT2D eigenvalue weighted by molar-refractivity contribution is 0.201. The first kappa shape index (κ1) is 11.7. The van der Waals surface area contributed by atoms with E-state index in [1.54, 1.807) is 0 Å². The summed E-state index contributed by atoms with van der Waals surface area (Å²) >= 11 is 5.87. The van der Waals surface area contributed by atoms with Crippen molar-refractivity contribution in [1.82, 2.24) is 4.90 Å². The predicted molar refractivity (Wildman–Crippen MR) is 68.9 cm³/mol.